The minimum atomic E-state index is 0.331. The van der Waals surface area contributed by atoms with E-state index < -0.39 is 0 Å². The molecule has 0 atom stereocenters. The highest BCUT2D eigenvalue weighted by molar-refractivity contribution is 6.28. The molecule has 6 heteroatoms. The number of anilines is 1. The lowest BCUT2D eigenvalue weighted by molar-refractivity contribution is 0.425. The zero-order valence-corrected chi connectivity index (χ0v) is 11.0. The second-order valence-electron chi connectivity index (χ2n) is 4.42. The molecule has 2 heterocycles. The molecule has 17 heavy (non-hydrogen) atoms. The number of halogens is 1. The summed E-state index contributed by atoms with van der Waals surface area (Å²) in [5, 5.41) is 6.99. The first-order valence-corrected chi connectivity index (χ1v) is 6.19. The van der Waals surface area contributed by atoms with E-state index in [0.29, 0.717) is 5.28 Å². The minimum Gasteiger partial charge on any atom is -0.368 e. The molecule has 0 bridgehead atoms. The van der Waals surface area contributed by atoms with Crippen LogP contribution in [-0.4, -0.2) is 48.6 Å². The standard InChI is InChI=1S/C11H18ClN5/c1-17(2)6-5-14-10-8-7-13-4-3-9(8)15-11(12)16-10/h13H,3-7H2,1-2H3,(H,14,15,16). The molecule has 0 aliphatic carbocycles. The van der Waals surface area contributed by atoms with Gasteiger partial charge in [0.2, 0.25) is 5.28 Å². The second-order valence-corrected chi connectivity index (χ2v) is 4.76. The monoisotopic (exact) mass is 255 g/mol. The van der Waals surface area contributed by atoms with E-state index >= 15 is 0 Å². The first-order chi connectivity index (χ1) is 8.16. The zero-order valence-electron chi connectivity index (χ0n) is 10.3. The fourth-order valence-electron chi connectivity index (χ4n) is 1.86. The van der Waals surface area contributed by atoms with Crippen molar-refractivity contribution in [3.05, 3.63) is 16.5 Å². The second kappa shape index (κ2) is 5.62. The Morgan fingerprint density at radius 1 is 1.41 bits per heavy atom. The maximum absolute atomic E-state index is 5.93. The maximum Gasteiger partial charge on any atom is 0.224 e. The summed E-state index contributed by atoms with van der Waals surface area (Å²) in [5.74, 6) is 0.869. The van der Waals surface area contributed by atoms with Gasteiger partial charge in [-0.2, -0.15) is 0 Å². The van der Waals surface area contributed by atoms with Crippen LogP contribution < -0.4 is 10.6 Å². The summed E-state index contributed by atoms with van der Waals surface area (Å²) in [6.07, 6.45) is 0.917. The number of hydrogen-bond donors (Lipinski definition) is 2. The molecule has 0 amide bonds. The number of nitrogens with one attached hydrogen (secondary N) is 2. The van der Waals surface area contributed by atoms with E-state index in [9.17, 15) is 0 Å². The van der Waals surface area contributed by atoms with Gasteiger partial charge in [-0.3, -0.25) is 0 Å². The summed E-state index contributed by atoms with van der Waals surface area (Å²) in [5.41, 5.74) is 2.22. The topological polar surface area (TPSA) is 53.1 Å². The van der Waals surface area contributed by atoms with Crippen molar-refractivity contribution in [2.24, 2.45) is 0 Å². The van der Waals surface area contributed by atoms with Gasteiger partial charge < -0.3 is 15.5 Å². The lowest BCUT2D eigenvalue weighted by Gasteiger charge is -2.20. The molecule has 2 rings (SSSR count). The van der Waals surface area contributed by atoms with Crippen molar-refractivity contribution >= 4 is 17.4 Å². The highest BCUT2D eigenvalue weighted by Crippen LogP contribution is 2.21. The van der Waals surface area contributed by atoms with Crippen LogP contribution in [0, 0.1) is 0 Å². The van der Waals surface area contributed by atoms with Gasteiger partial charge in [0, 0.05) is 38.2 Å². The number of hydrogen-bond acceptors (Lipinski definition) is 5. The summed E-state index contributed by atoms with van der Waals surface area (Å²) >= 11 is 5.93. The van der Waals surface area contributed by atoms with Gasteiger partial charge >= 0.3 is 0 Å². The van der Waals surface area contributed by atoms with Crippen molar-refractivity contribution < 1.29 is 0 Å². The van der Waals surface area contributed by atoms with E-state index in [-0.39, 0.29) is 0 Å². The Morgan fingerprint density at radius 3 is 3.00 bits per heavy atom. The number of likely N-dealkylation sites (N-methyl/N-ethyl adjacent to an activating group) is 1. The Bertz CT molecular complexity index is 394. The predicted octanol–water partition coefficient (Wildman–Crippen LogP) is 0.749. The molecule has 2 N–H and O–H groups in total. The summed E-state index contributed by atoms with van der Waals surface area (Å²) in [7, 11) is 4.09. The largest absolute Gasteiger partial charge is 0.368 e. The molecule has 1 aromatic rings. The fourth-order valence-corrected chi connectivity index (χ4v) is 2.04. The summed E-state index contributed by atoms with van der Waals surface area (Å²) in [4.78, 5) is 10.7. The van der Waals surface area contributed by atoms with Crippen LogP contribution in [0.3, 0.4) is 0 Å². The molecule has 0 fully saturated rings. The average molecular weight is 256 g/mol. The molecular weight excluding hydrogens is 238 g/mol. The zero-order chi connectivity index (χ0) is 12.3. The Labute approximate surface area is 107 Å². The van der Waals surface area contributed by atoms with Gasteiger partial charge in [0.25, 0.3) is 0 Å². The maximum atomic E-state index is 5.93. The SMILES string of the molecule is CN(C)CCNc1nc(Cl)nc2c1CNCC2. The van der Waals surface area contributed by atoms with Gasteiger partial charge in [0.05, 0.1) is 5.69 Å². The summed E-state index contributed by atoms with van der Waals surface area (Å²) < 4.78 is 0. The van der Waals surface area contributed by atoms with Crippen LogP contribution in [0.4, 0.5) is 5.82 Å². The molecule has 5 nitrogen and oxygen atoms in total. The van der Waals surface area contributed by atoms with Gasteiger partial charge in [-0.15, -0.1) is 0 Å². The van der Waals surface area contributed by atoms with Gasteiger partial charge in [0.15, 0.2) is 0 Å². The number of fused-ring (bicyclic) bond motifs is 1. The fraction of sp³-hybridized carbons (Fsp3) is 0.636. The summed E-state index contributed by atoms with van der Waals surface area (Å²) in [6, 6.07) is 0. The lowest BCUT2D eigenvalue weighted by Crippen LogP contribution is -2.27. The third-order valence-electron chi connectivity index (χ3n) is 2.76. The third kappa shape index (κ3) is 3.28. The van der Waals surface area contributed by atoms with Crippen LogP contribution >= 0.6 is 11.6 Å². The first kappa shape index (κ1) is 12.5. The van der Waals surface area contributed by atoms with Crippen molar-refractivity contribution in [3.63, 3.8) is 0 Å². The summed E-state index contributed by atoms with van der Waals surface area (Å²) in [6.45, 7) is 3.59. The van der Waals surface area contributed by atoms with E-state index in [1.165, 1.54) is 0 Å². The van der Waals surface area contributed by atoms with Crippen LogP contribution in [-0.2, 0) is 13.0 Å². The van der Waals surface area contributed by atoms with Crippen molar-refractivity contribution in [3.8, 4) is 0 Å². The number of nitrogens with zero attached hydrogens (tertiary/aromatic N) is 3. The van der Waals surface area contributed by atoms with Crippen LogP contribution in [0.2, 0.25) is 5.28 Å². The molecule has 0 saturated heterocycles. The van der Waals surface area contributed by atoms with Crippen molar-refractivity contribution in [1.29, 1.82) is 0 Å². The van der Waals surface area contributed by atoms with E-state index in [0.717, 1.165) is 49.7 Å². The molecule has 1 aliphatic heterocycles. The highest BCUT2D eigenvalue weighted by Gasteiger charge is 2.16. The van der Waals surface area contributed by atoms with Crippen molar-refractivity contribution in [1.82, 2.24) is 20.2 Å². The Morgan fingerprint density at radius 2 is 2.24 bits per heavy atom. The van der Waals surface area contributed by atoms with E-state index in [1.807, 2.05) is 14.1 Å². The molecule has 1 aromatic heterocycles. The van der Waals surface area contributed by atoms with E-state index in [4.69, 9.17) is 11.6 Å². The predicted molar refractivity (Wildman–Crippen MR) is 69.5 cm³/mol. The quantitative estimate of drug-likeness (QED) is 0.778. The molecular formula is C11H18ClN5. The Kier molecular flexibility index (Phi) is 4.15. The van der Waals surface area contributed by atoms with Gasteiger partial charge in [0.1, 0.15) is 5.82 Å². The molecule has 1 aliphatic rings. The molecule has 0 saturated carbocycles. The van der Waals surface area contributed by atoms with Crippen LogP contribution in [0.5, 0.6) is 0 Å². The number of rotatable bonds is 4. The van der Waals surface area contributed by atoms with Gasteiger partial charge in [-0.05, 0) is 25.7 Å². The molecule has 0 spiro atoms. The van der Waals surface area contributed by atoms with Crippen LogP contribution in [0.1, 0.15) is 11.3 Å². The average Bonchev–Trinajstić information content (AvgIpc) is 2.28. The van der Waals surface area contributed by atoms with E-state index in [2.05, 4.69) is 25.5 Å². The molecule has 0 unspecified atom stereocenters. The van der Waals surface area contributed by atoms with Crippen molar-refractivity contribution in [2.75, 3.05) is 39.0 Å². The molecule has 94 valence electrons. The first-order valence-electron chi connectivity index (χ1n) is 5.81. The highest BCUT2D eigenvalue weighted by atomic mass is 35.5. The lowest BCUT2D eigenvalue weighted by atomic mass is 10.1. The minimum absolute atomic E-state index is 0.331. The van der Waals surface area contributed by atoms with Crippen LogP contribution in [0.15, 0.2) is 0 Å². The molecule has 0 aromatic carbocycles. The van der Waals surface area contributed by atoms with Crippen molar-refractivity contribution in [2.45, 2.75) is 13.0 Å². The Balaban J connectivity index is 2.12. The van der Waals surface area contributed by atoms with Gasteiger partial charge in [-0.1, -0.05) is 0 Å². The number of aromatic nitrogens is 2. The Hall–Kier alpha value is -0.910. The van der Waals surface area contributed by atoms with Gasteiger partial charge in [-0.25, -0.2) is 9.97 Å². The molecule has 0 radical (unpaired) electrons. The smallest absolute Gasteiger partial charge is 0.224 e. The normalized spacial score (nSPS) is 14.8. The van der Waals surface area contributed by atoms with Crippen LogP contribution in [0.25, 0.3) is 0 Å². The third-order valence-corrected chi connectivity index (χ3v) is 2.93. The van der Waals surface area contributed by atoms with E-state index in [1.54, 1.807) is 0 Å².